The Labute approximate surface area is 131 Å². The Morgan fingerprint density at radius 1 is 1.23 bits per heavy atom. The maximum absolute atomic E-state index is 12.0. The van der Waals surface area contributed by atoms with Gasteiger partial charge in [-0.3, -0.25) is 4.79 Å². The molecule has 0 saturated heterocycles. The lowest BCUT2D eigenvalue weighted by atomic mass is 10.2. The van der Waals surface area contributed by atoms with Crippen molar-refractivity contribution in [3.8, 4) is 0 Å². The average molecular weight is 310 g/mol. The molecule has 6 heteroatoms. The fourth-order valence-corrected chi connectivity index (χ4v) is 2.93. The van der Waals surface area contributed by atoms with Crippen LogP contribution in [0.2, 0.25) is 0 Å². The molecule has 2 heterocycles. The zero-order valence-electron chi connectivity index (χ0n) is 11.7. The van der Waals surface area contributed by atoms with Crippen molar-refractivity contribution in [2.24, 2.45) is 0 Å². The molecule has 0 atom stereocenters. The maximum atomic E-state index is 12.0. The van der Waals surface area contributed by atoms with Crippen molar-refractivity contribution in [3.63, 3.8) is 0 Å². The van der Waals surface area contributed by atoms with Crippen molar-refractivity contribution in [3.05, 3.63) is 47.6 Å². The van der Waals surface area contributed by atoms with Gasteiger partial charge in [0.2, 0.25) is 0 Å². The van der Waals surface area contributed by atoms with Crippen molar-refractivity contribution < 1.29 is 4.79 Å². The van der Waals surface area contributed by atoms with E-state index in [1.807, 2.05) is 30.3 Å². The third kappa shape index (κ3) is 2.65. The van der Waals surface area contributed by atoms with Crippen LogP contribution in [0.1, 0.15) is 23.3 Å². The molecule has 0 unspecified atom stereocenters. The third-order valence-corrected chi connectivity index (χ3v) is 4.31. The molecule has 0 bridgehead atoms. The summed E-state index contributed by atoms with van der Waals surface area (Å²) in [6.45, 7) is 0. The van der Waals surface area contributed by atoms with Gasteiger partial charge in [0.15, 0.2) is 5.13 Å². The first-order chi connectivity index (χ1) is 10.8. The van der Waals surface area contributed by atoms with Crippen molar-refractivity contribution in [1.29, 1.82) is 0 Å². The quantitative estimate of drug-likeness (QED) is 0.775. The summed E-state index contributed by atoms with van der Waals surface area (Å²) in [6.07, 6.45) is 3.90. The zero-order valence-corrected chi connectivity index (χ0v) is 12.6. The second-order valence-electron chi connectivity index (χ2n) is 5.29. The lowest BCUT2D eigenvalue weighted by molar-refractivity contribution is 0.0947. The summed E-state index contributed by atoms with van der Waals surface area (Å²) in [5, 5.41) is 10.7. The van der Waals surface area contributed by atoms with Gasteiger partial charge < -0.3 is 10.6 Å². The largest absolute Gasteiger partial charge is 0.348 e. The highest BCUT2D eigenvalue weighted by Crippen LogP contribution is 2.26. The molecule has 0 radical (unpaired) electrons. The first-order valence-electron chi connectivity index (χ1n) is 7.17. The van der Waals surface area contributed by atoms with E-state index < -0.39 is 0 Å². The molecule has 3 aromatic rings. The highest BCUT2D eigenvalue weighted by molar-refractivity contribution is 7.14. The summed E-state index contributed by atoms with van der Waals surface area (Å²) in [5.74, 6) is 0.652. The van der Waals surface area contributed by atoms with Crippen molar-refractivity contribution in [1.82, 2.24) is 15.3 Å². The van der Waals surface area contributed by atoms with E-state index in [-0.39, 0.29) is 5.91 Å². The van der Waals surface area contributed by atoms with Crippen LogP contribution < -0.4 is 10.6 Å². The number of aromatic nitrogens is 2. The molecule has 1 amide bonds. The van der Waals surface area contributed by atoms with Gasteiger partial charge in [0.05, 0.1) is 0 Å². The Bertz CT molecular complexity index is 836. The Morgan fingerprint density at radius 2 is 2.09 bits per heavy atom. The average Bonchev–Trinajstić information content (AvgIpc) is 3.23. The monoisotopic (exact) mass is 310 g/mol. The minimum absolute atomic E-state index is 0.0994. The van der Waals surface area contributed by atoms with Gasteiger partial charge in [0.1, 0.15) is 11.5 Å². The van der Waals surface area contributed by atoms with Gasteiger partial charge in [-0.15, -0.1) is 11.3 Å². The van der Waals surface area contributed by atoms with E-state index in [1.54, 1.807) is 11.6 Å². The molecule has 22 heavy (non-hydrogen) atoms. The number of nitrogens with zero attached hydrogens (tertiary/aromatic N) is 2. The predicted molar refractivity (Wildman–Crippen MR) is 87.6 cm³/mol. The van der Waals surface area contributed by atoms with E-state index in [0.717, 1.165) is 29.4 Å². The van der Waals surface area contributed by atoms with Crippen molar-refractivity contribution >= 4 is 39.0 Å². The van der Waals surface area contributed by atoms with Crippen LogP contribution in [0.15, 0.2) is 41.9 Å². The number of hydrogen-bond donors (Lipinski definition) is 2. The number of anilines is 2. The van der Waals surface area contributed by atoms with Crippen LogP contribution in [0.25, 0.3) is 10.8 Å². The first kappa shape index (κ1) is 13.2. The van der Waals surface area contributed by atoms with Gasteiger partial charge in [0.25, 0.3) is 5.91 Å². The molecule has 110 valence electrons. The number of carbonyl (C=O) groups is 1. The number of fused-ring (bicyclic) bond motifs is 1. The molecule has 2 aromatic heterocycles. The van der Waals surface area contributed by atoms with E-state index in [9.17, 15) is 4.79 Å². The van der Waals surface area contributed by atoms with Gasteiger partial charge >= 0.3 is 0 Å². The molecular weight excluding hydrogens is 296 g/mol. The number of amides is 1. The van der Waals surface area contributed by atoms with Crippen molar-refractivity contribution in [2.45, 2.75) is 18.9 Å². The number of pyridine rings is 1. The topological polar surface area (TPSA) is 66.9 Å². The van der Waals surface area contributed by atoms with Gasteiger partial charge in [-0.2, -0.15) is 0 Å². The summed E-state index contributed by atoms with van der Waals surface area (Å²) in [5.41, 5.74) is 0.458. The summed E-state index contributed by atoms with van der Waals surface area (Å²) in [7, 11) is 0. The van der Waals surface area contributed by atoms with Gasteiger partial charge in [0, 0.05) is 23.0 Å². The van der Waals surface area contributed by atoms with Crippen LogP contribution in [-0.4, -0.2) is 21.9 Å². The second-order valence-corrected chi connectivity index (χ2v) is 6.15. The molecular formula is C16H14N4OS. The van der Waals surface area contributed by atoms with Crippen LogP contribution in [0.5, 0.6) is 0 Å². The minimum atomic E-state index is -0.0994. The molecule has 0 spiro atoms. The standard InChI is InChI=1S/C16H14N4OS/c21-15(18-11-5-6-11)13-9-22-16(19-13)20-14-12-4-2-1-3-10(12)7-8-17-14/h1-4,7-9,11H,5-6H2,(H,18,21)(H,17,19,20). The highest BCUT2D eigenvalue weighted by Gasteiger charge is 2.24. The summed E-state index contributed by atoms with van der Waals surface area (Å²) < 4.78 is 0. The van der Waals surface area contributed by atoms with E-state index in [1.165, 1.54) is 11.3 Å². The number of benzene rings is 1. The number of rotatable bonds is 4. The fraction of sp³-hybridized carbons (Fsp3) is 0.188. The van der Waals surface area contributed by atoms with Crippen LogP contribution in [0, 0.1) is 0 Å². The molecule has 1 aliphatic rings. The van der Waals surface area contributed by atoms with E-state index in [0.29, 0.717) is 16.9 Å². The number of carbonyl (C=O) groups excluding carboxylic acids is 1. The van der Waals surface area contributed by atoms with E-state index in [4.69, 9.17) is 0 Å². The molecule has 1 aromatic carbocycles. The van der Waals surface area contributed by atoms with E-state index in [2.05, 4.69) is 20.6 Å². The van der Waals surface area contributed by atoms with Crippen LogP contribution in [0.3, 0.4) is 0 Å². The highest BCUT2D eigenvalue weighted by atomic mass is 32.1. The zero-order chi connectivity index (χ0) is 14.9. The number of hydrogen-bond acceptors (Lipinski definition) is 5. The van der Waals surface area contributed by atoms with Crippen LogP contribution >= 0.6 is 11.3 Å². The molecule has 5 nitrogen and oxygen atoms in total. The van der Waals surface area contributed by atoms with Crippen LogP contribution in [-0.2, 0) is 0 Å². The molecule has 1 fully saturated rings. The lowest BCUT2D eigenvalue weighted by Crippen LogP contribution is -2.25. The Hall–Kier alpha value is -2.47. The number of thiazole rings is 1. The predicted octanol–water partition coefficient (Wildman–Crippen LogP) is 3.33. The molecule has 0 aliphatic heterocycles. The van der Waals surface area contributed by atoms with Gasteiger partial charge in [-0.05, 0) is 24.3 Å². The SMILES string of the molecule is O=C(NC1CC1)c1csc(Nc2nccc3ccccc23)n1. The van der Waals surface area contributed by atoms with Crippen molar-refractivity contribution in [2.75, 3.05) is 5.32 Å². The minimum Gasteiger partial charge on any atom is -0.348 e. The smallest absolute Gasteiger partial charge is 0.271 e. The summed E-state index contributed by atoms with van der Waals surface area (Å²) in [6, 6.07) is 10.3. The Morgan fingerprint density at radius 3 is 2.95 bits per heavy atom. The Kier molecular flexibility index (Phi) is 3.23. The number of nitrogens with one attached hydrogen (secondary N) is 2. The Balaban J connectivity index is 1.57. The molecule has 1 aliphatic carbocycles. The lowest BCUT2D eigenvalue weighted by Gasteiger charge is -2.05. The third-order valence-electron chi connectivity index (χ3n) is 3.55. The van der Waals surface area contributed by atoms with Gasteiger partial charge in [-0.1, -0.05) is 24.3 Å². The fourth-order valence-electron chi connectivity index (χ4n) is 2.24. The first-order valence-corrected chi connectivity index (χ1v) is 8.05. The maximum Gasteiger partial charge on any atom is 0.271 e. The summed E-state index contributed by atoms with van der Waals surface area (Å²) >= 11 is 1.41. The molecule has 4 rings (SSSR count). The molecule has 1 saturated carbocycles. The van der Waals surface area contributed by atoms with Gasteiger partial charge in [-0.25, -0.2) is 9.97 Å². The van der Waals surface area contributed by atoms with E-state index >= 15 is 0 Å². The molecule has 2 N–H and O–H groups in total. The normalized spacial score (nSPS) is 14.0. The van der Waals surface area contributed by atoms with Crippen LogP contribution in [0.4, 0.5) is 10.9 Å². The second kappa shape index (κ2) is 5.38. The summed E-state index contributed by atoms with van der Waals surface area (Å²) in [4.78, 5) is 20.7.